The van der Waals surface area contributed by atoms with Crippen LogP contribution in [0.5, 0.6) is 5.75 Å². The van der Waals surface area contributed by atoms with E-state index in [1.807, 2.05) is 0 Å². The standard InChI is InChI=1S/C13H17NO4/c1-13(2,3)18-12(17)10(11(14)16)8-4-6-9(15)7-5-8/h4-7,10,15H,1-3H3,(H2,14,16). The molecule has 1 unspecified atom stereocenters. The predicted octanol–water partition coefficient (Wildman–Crippen LogP) is 1.30. The molecule has 0 saturated heterocycles. The van der Waals surface area contributed by atoms with E-state index in [9.17, 15) is 9.59 Å². The summed E-state index contributed by atoms with van der Waals surface area (Å²) in [6.45, 7) is 5.12. The first kappa shape index (κ1) is 14.0. The van der Waals surface area contributed by atoms with Crippen molar-refractivity contribution in [1.82, 2.24) is 0 Å². The third kappa shape index (κ3) is 3.76. The van der Waals surface area contributed by atoms with Gasteiger partial charge in [-0.15, -0.1) is 0 Å². The molecule has 98 valence electrons. The molecule has 5 heteroatoms. The van der Waals surface area contributed by atoms with E-state index in [1.54, 1.807) is 20.8 Å². The molecule has 1 amide bonds. The Morgan fingerprint density at radius 2 is 1.72 bits per heavy atom. The Kier molecular flexibility index (Phi) is 3.96. The molecule has 0 fully saturated rings. The molecule has 0 aliphatic carbocycles. The maximum absolute atomic E-state index is 11.9. The number of aromatic hydroxyl groups is 1. The summed E-state index contributed by atoms with van der Waals surface area (Å²) in [6, 6.07) is 5.70. The molecule has 1 aromatic rings. The van der Waals surface area contributed by atoms with Gasteiger partial charge in [-0.25, -0.2) is 0 Å². The van der Waals surface area contributed by atoms with Crippen LogP contribution in [0.15, 0.2) is 24.3 Å². The van der Waals surface area contributed by atoms with Crippen LogP contribution in [-0.4, -0.2) is 22.6 Å². The van der Waals surface area contributed by atoms with E-state index in [4.69, 9.17) is 15.6 Å². The average molecular weight is 251 g/mol. The quantitative estimate of drug-likeness (QED) is 0.626. The summed E-state index contributed by atoms with van der Waals surface area (Å²) in [4.78, 5) is 23.3. The second-order valence-corrected chi connectivity index (χ2v) is 4.96. The number of esters is 1. The fourth-order valence-corrected chi connectivity index (χ4v) is 1.44. The molecular weight excluding hydrogens is 234 g/mol. The van der Waals surface area contributed by atoms with Gasteiger partial charge in [0.2, 0.25) is 5.91 Å². The van der Waals surface area contributed by atoms with E-state index in [1.165, 1.54) is 24.3 Å². The van der Waals surface area contributed by atoms with E-state index in [2.05, 4.69) is 0 Å². The summed E-state index contributed by atoms with van der Waals surface area (Å²) in [7, 11) is 0. The lowest BCUT2D eigenvalue weighted by Gasteiger charge is -2.22. The van der Waals surface area contributed by atoms with E-state index < -0.39 is 23.4 Å². The monoisotopic (exact) mass is 251 g/mol. The number of phenols is 1. The fraction of sp³-hybridized carbons (Fsp3) is 0.385. The fourth-order valence-electron chi connectivity index (χ4n) is 1.44. The molecule has 0 heterocycles. The largest absolute Gasteiger partial charge is 0.508 e. The molecule has 0 spiro atoms. The zero-order chi connectivity index (χ0) is 13.9. The van der Waals surface area contributed by atoms with Crippen LogP contribution in [0.2, 0.25) is 0 Å². The predicted molar refractivity (Wildman–Crippen MR) is 65.9 cm³/mol. The summed E-state index contributed by atoms with van der Waals surface area (Å²) in [5.74, 6) is -2.59. The lowest BCUT2D eigenvalue weighted by atomic mass is 9.98. The van der Waals surface area contributed by atoms with E-state index in [0.717, 1.165) is 0 Å². The number of benzene rings is 1. The van der Waals surface area contributed by atoms with Crippen LogP contribution < -0.4 is 5.73 Å². The van der Waals surface area contributed by atoms with Crippen molar-refractivity contribution in [3.8, 4) is 5.75 Å². The molecule has 0 saturated carbocycles. The van der Waals surface area contributed by atoms with Gasteiger partial charge in [0.15, 0.2) is 5.92 Å². The van der Waals surface area contributed by atoms with Gasteiger partial charge in [-0.3, -0.25) is 9.59 Å². The summed E-state index contributed by atoms with van der Waals surface area (Å²) < 4.78 is 5.14. The van der Waals surface area contributed by atoms with Crippen molar-refractivity contribution in [2.24, 2.45) is 5.73 Å². The van der Waals surface area contributed by atoms with Crippen molar-refractivity contribution in [2.75, 3.05) is 0 Å². The Labute approximate surface area is 106 Å². The highest BCUT2D eigenvalue weighted by molar-refractivity contribution is 6.02. The number of primary amides is 1. The summed E-state index contributed by atoms with van der Waals surface area (Å²) >= 11 is 0. The van der Waals surface area contributed by atoms with Crippen LogP contribution in [-0.2, 0) is 14.3 Å². The molecule has 0 aromatic heterocycles. The zero-order valence-electron chi connectivity index (χ0n) is 10.6. The minimum absolute atomic E-state index is 0.0474. The number of carbonyl (C=O) groups excluding carboxylic acids is 2. The van der Waals surface area contributed by atoms with Gasteiger partial charge in [-0.1, -0.05) is 12.1 Å². The van der Waals surface area contributed by atoms with Crippen molar-refractivity contribution >= 4 is 11.9 Å². The molecule has 1 aromatic carbocycles. The van der Waals surface area contributed by atoms with Gasteiger partial charge in [0.25, 0.3) is 0 Å². The van der Waals surface area contributed by atoms with Crippen molar-refractivity contribution in [3.05, 3.63) is 29.8 Å². The molecule has 0 aliphatic rings. The number of rotatable bonds is 3. The Morgan fingerprint density at radius 3 is 2.11 bits per heavy atom. The highest BCUT2D eigenvalue weighted by atomic mass is 16.6. The maximum atomic E-state index is 11.9. The molecule has 18 heavy (non-hydrogen) atoms. The summed E-state index contributed by atoms with van der Waals surface area (Å²) in [5, 5.41) is 9.17. The molecule has 1 atom stereocenters. The van der Waals surface area contributed by atoms with Gasteiger partial charge < -0.3 is 15.6 Å². The second-order valence-electron chi connectivity index (χ2n) is 4.96. The van der Waals surface area contributed by atoms with E-state index >= 15 is 0 Å². The van der Waals surface area contributed by atoms with Gasteiger partial charge in [0.1, 0.15) is 11.4 Å². The zero-order valence-corrected chi connectivity index (χ0v) is 10.6. The minimum Gasteiger partial charge on any atom is -0.508 e. The number of amides is 1. The van der Waals surface area contributed by atoms with Crippen molar-refractivity contribution in [3.63, 3.8) is 0 Å². The third-order valence-corrected chi connectivity index (χ3v) is 2.15. The van der Waals surface area contributed by atoms with E-state index in [0.29, 0.717) is 5.56 Å². The third-order valence-electron chi connectivity index (χ3n) is 2.15. The van der Waals surface area contributed by atoms with Crippen LogP contribution >= 0.6 is 0 Å². The van der Waals surface area contributed by atoms with Crippen LogP contribution in [0.1, 0.15) is 32.3 Å². The Bertz CT molecular complexity index is 445. The second kappa shape index (κ2) is 5.08. The number of hydrogen-bond acceptors (Lipinski definition) is 4. The molecule has 0 bridgehead atoms. The summed E-state index contributed by atoms with van der Waals surface area (Å²) in [5.41, 5.74) is 4.93. The molecule has 0 aliphatic heterocycles. The number of hydrogen-bond donors (Lipinski definition) is 2. The number of nitrogens with two attached hydrogens (primary N) is 1. The lowest BCUT2D eigenvalue weighted by molar-refractivity contribution is -0.158. The van der Waals surface area contributed by atoms with Gasteiger partial charge in [-0.05, 0) is 38.5 Å². The summed E-state index contributed by atoms with van der Waals surface area (Å²) in [6.07, 6.45) is 0. The number of carbonyl (C=O) groups is 2. The van der Waals surface area contributed by atoms with Crippen molar-refractivity contribution in [1.29, 1.82) is 0 Å². The Morgan fingerprint density at radius 1 is 1.22 bits per heavy atom. The van der Waals surface area contributed by atoms with Gasteiger partial charge in [0, 0.05) is 0 Å². The average Bonchev–Trinajstić information content (AvgIpc) is 2.18. The SMILES string of the molecule is CC(C)(C)OC(=O)C(C(N)=O)c1ccc(O)cc1. The van der Waals surface area contributed by atoms with Gasteiger partial charge in [0.05, 0.1) is 0 Å². The number of phenolic OH excluding ortho intramolecular Hbond substituents is 1. The molecular formula is C13H17NO4. The van der Waals surface area contributed by atoms with Crippen molar-refractivity contribution in [2.45, 2.75) is 32.3 Å². The molecule has 3 N–H and O–H groups in total. The van der Waals surface area contributed by atoms with Gasteiger partial charge in [-0.2, -0.15) is 0 Å². The molecule has 1 rings (SSSR count). The molecule has 5 nitrogen and oxygen atoms in total. The van der Waals surface area contributed by atoms with Crippen LogP contribution in [0.25, 0.3) is 0 Å². The van der Waals surface area contributed by atoms with Crippen LogP contribution in [0, 0.1) is 0 Å². The van der Waals surface area contributed by atoms with Crippen LogP contribution in [0.3, 0.4) is 0 Å². The first-order valence-electron chi connectivity index (χ1n) is 5.52. The topological polar surface area (TPSA) is 89.6 Å². The minimum atomic E-state index is -1.16. The first-order chi connectivity index (χ1) is 8.20. The van der Waals surface area contributed by atoms with Crippen molar-refractivity contribution < 1.29 is 19.4 Å². The highest BCUT2D eigenvalue weighted by Gasteiger charge is 2.31. The van der Waals surface area contributed by atoms with Gasteiger partial charge >= 0.3 is 5.97 Å². The first-order valence-corrected chi connectivity index (χ1v) is 5.52. The lowest BCUT2D eigenvalue weighted by Crippen LogP contribution is -2.34. The smallest absolute Gasteiger partial charge is 0.323 e. The van der Waals surface area contributed by atoms with Crippen LogP contribution in [0.4, 0.5) is 0 Å². The normalized spacial score (nSPS) is 12.8. The highest BCUT2D eigenvalue weighted by Crippen LogP contribution is 2.22. The molecule has 0 radical (unpaired) electrons. The maximum Gasteiger partial charge on any atom is 0.323 e. The Hall–Kier alpha value is -2.04. The Balaban J connectivity index is 3.00. The number of ether oxygens (including phenoxy) is 1. The van der Waals surface area contributed by atoms with E-state index in [-0.39, 0.29) is 5.75 Å².